The van der Waals surface area contributed by atoms with E-state index in [-0.39, 0.29) is 41.7 Å². The molecule has 2 aliphatic heterocycles. The number of carbonyl (C=O) groups excluding carboxylic acids is 4. The number of ether oxygens (including phenoxy) is 4. The van der Waals surface area contributed by atoms with E-state index in [2.05, 4.69) is 10.6 Å². The van der Waals surface area contributed by atoms with Crippen LogP contribution in [-0.4, -0.2) is 44.3 Å². The predicted octanol–water partition coefficient (Wildman–Crippen LogP) is 3.42. The van der Waals surface area contributed by atoms with Gasteiger partial charge in [0.25, 0.3) is 17.7 Å². The molecule has 3 aromatic carbocycles. The van der Waals surface area contributed by atoms with Gasteiger partial charge in [0.2, 0.25) is 6.79 Å². The Morgan fingerprint density at radius 3 is 2.59 bits per heavy atom. The second-order valence-electron chi connectivity index (χ2n) is 8.58. The number of barbiturate groups is 1. The average molecular weight is 530 g/mol. The maximum absolute atomic E-state index is 13.4. The first-order valence-corrected chi connectivity index (χ1v) is 11.8. The topological polar surface area (TPSA) is 133 Å². The first-order valence-electron chi connectivity index (χ1n) is 11.8. The summed E-state index contributed by atoms with van der Waals surface area (Å²) in [4.78, 5) is 52.0. The van der Waals surface area contributed by atoms with E-state index < -0.39 is 23.8 Å². The molecule has 39 heavy (non-hydrogen) atoms. The van der Waals surface area contributed by atoms with Crippen LogP contribution in [0, 0.1) is 6.92 Å². The Hall–Kier alpha value is -5.32. The summed E-state index contributed by atoms with van der Waals surface area (Å²) in [5.41, 5.74) is 1.81. The van der Waals surface area contributed by atoms with E-state index in [1.54, 1.807) is 36.4 Å². The van der Waals surface area contributed by atoms with Crippen molar-refractivity contribution < 1.29 is 38.1 Å². The number of benzene rings is 3. The lowest BCUT2D eigenvalue weighted by atomic mass is 10.1. The summed E-state index contributed by atoms with van der Waals surface area (Å²) in [6, 6.07) is 15.7. The minimum Gasteiger partial charge on any atom is -0.493 e. The van der Waals surface area contributed by atoms with Crippen LogP contribution in [0.1, 0.15) is 11.1 Å². The largest absolute Gasteiger partial charge is 0.493 e. The number of rotatable bonds is 7. The summed E-state index contributed by atoms with van der Waals surface area (Å²) in [6.45, 7) is 1.59. The summed E-state index contributed by atoms with van der Waals surface area (Å²) >= 11 is 0. The number of hydrogen-bond donors (Lipinski definition) is 2. The van der Waals surface area contributed by atoms with Crippen LogP contribution in [-0.2, 0) is 14.4 Å². The van der Waals surface area contributed by atoms with Crippen LogP contribution < -0.4 is 34.5 Å². The maximum Gasteiger partial charge on any atom is 0.335 e. The van der Waals surface area contributed by atoms with Crippen molar-refractivity contribution in [3.8, 4) is 23.0 Å². The van der Waals surface area contributed by atoms with Crippen molar-refractivity contribution in [3.63, 3.8) is 0 Å². The first-order chi connectivity index (χ1) is 18.8. The van der Waals surface area contributed by atoms with Crippen LogP contribution in [0.4, 0.5) is 16.2 Å². The number of para-hydroxylation sites is 1. The van der Waals surface area contributed by atoms with E-state index in [0.29, 0.717) is 17.2 Å². The van der Waals surface area contributed by atoms with Gasteiger partial charge in [0.1, 0.15) is 5.57 Å². The van der Waals surface area contributed by atoms with Crippen LogP contribution in [0.2, 0.25) is 0 Å². The molecule has 5 amide bonds. The zero-order valence-corrected chi connectivity index (χ0v) is 21.0. The SMILES string of the molecule is COc1cccc(/C=C2\C(=O)NC(=O)N(c3ccc4c(c3)OCO4)C2=O)c1OCC(=O)Nc1ccc(C)cc1. The maximum atomic E-state index is 13.4. The van der Waals surface area contributed by atoms with Gasteiger partial charge in [-0.2, -0.15) is 0 Å². The fourth-order valence-corrected chi connectivity index (χ4v) is 4.01. The van der Waals surface area contributed by atoms with E-state index in [0.717, 1.165) is 10.5 Å². The number of nitrogens with one attached hydrogen (secondary N) is 2. The van der Waals surface area contributed by atoms with Gasteiger partial charge < -0.3 is 24.3 Å². The molecular formula is C28H23N3O8. The highest BCUT2D eigenvalue weighted by Crippen LogP contribution is 2.37. The van der Waals surface area contributed by atoms with Gasteiger partial charge in [-0.15, -0.1) is 0 Å². The van der Waals surface area contributed by atoms with Crippen LogP contribution >= 0.6 is 0 Å². The molecule has 11 nitrogen and oxygen atoms in total. The standard InChI is InChI=1S/C28H23N3O8/c1-16-6-8-18(9-7-16)29-24(32)14-37-25-17(4-3-5-22(25)36-2)12-20-26(33)30-28(35)31(27(20)34)19-10-11-21-23(13-19)39-15-38-21/h3-13H,14-15H2,1-2H3,(H,29,32)(H,30,33,35)/b20-12+. The smallest absolute Gasteiger partial charge is 0.335 e. The minimum atomic E-state index is -0.907. The third kappa shape index (κ3) is 5.23. The Bertz CT molecular complexity index is 1510. The Morgan fingerprint density at radius 2 is 1.82 bits per heavy atom. The molecule has 0 radical (unpaired) electrons. The first kappa shape index (κ1) is 25.3. The minimum absolute atomic E-state index is 0.0181. The highest BCUT2D eigenvalue weighted by Gasteiger charge is 2.37. The normalized spacial score (nSPS) is 15.3. The number of amides is 5. The van der Waals surface area contributed by atoms with Gasteiger partial charge in [-0.25, -0.2) is 9.69 Å². The van der Waals surface area contributed by atoms with Crippen LogP contribution in [0.15, 0.2) is 66.2 Å². The quantitative estimate of drug-likeness (QED) is 0.352. The van der Waals surface area contributed by atoms with Gasteiger partial charge in [0, 0.05) is 17.3 Å². The van der Waals surface area contributed by atoms with Crippen molar-refractivity contribution in [3.05, 3.63) is 77.4 Å². The van der Waals surface area contributed by atoms with Gasteiger partial charge in [0.05, 0.1) is 12.8 Å². The van der Waals surface area contributed by atoms with E-state index in [1.807, 2.05) is 19.1 Å². The number of fused-ring (bicyclic) bond motifs is 1. The van der Waals surface area contributed by atoms with Crippen molar-refractivity contribution in [2.75, 3.05) is 30.7 Å². The Balaban J connectivity index is 1.41. The van der Waals surface area contributed by atoms with Crippen LogP contribution in [0.5, 0.6) is 23.0 Å². The lowest BCUT2D eigenvalue weighted by Crippen LogP contribution is -2.54. The summed E-state index contributed by atoms with van der Waals surface area (Å²) in [6.07, 6.45) is 1.28. The van der Waals surface area contributed by atoms with E-state index >= 15 is 0 Å². The third-order valence-corrected chi connectivity index (χ3v) is 5.93. The van der Waals surface area contributed by atoms with Gasteiger partial charge in [-0.3, -0.25) is 19.7 Å². The Morgan fingerprint density at radius 1 is 1.05 bits per heavy atom. The van der Waals surface area contributed by atoms with E-state index in [9.17, 15) is 19.2 Å². The molecule has 2 N–H and O–H groups in total. The number of urea groups is 1. The second-order valence-corrected chi connectivity index (χ2v) is 8.58. The lowest BCUT2D eigenvalue weighted by Gasteiger charge is -2.26. The molecule has 0 spiro atoms. The molecule has 2 heterocycles. The van der Waals surface area contributed by atoms with Crippen molar-refractivity contribution in [2.45, 2.75) is 6.92 Å². The molecule has 0 saturated carbocycles. The molecular weight excluding hydrogens is 506 g/mol. The lowest BCUT2D eigenvalue weighted by molar-refractivity contribution is -0.122. The zero-order valence-electron chi connectivity index (χ0n) is 21.0. The molecule has 0 aromatic heterocycles. The molecule has 0 atom stereocenters. The highest BCUT2D eigenvalue weighted by atomic mass is 16.7. The summed E-state index contributed by atoms with van der Waals surface area (Å²) in [7, 11) is 1.42. The third-order valence-electron chi connectivity index (χ3n) is 5.93. The number of imide groups is 2. The molecule has 3 aromatic rings. The van der Waals surface area contributed by atoms with Crippen molar-refractivity contribution in [2.24, 2.45) is 0 Å². The van der Waals surface area contributed by atoms with Crippen LogP contribution in [0.3, 0.4) is 0 Å². The monoisotopic (exact) mass is 529 g/mol. The molecule has 1 fully saturated rings. The molecule has 1 saturated heterocycles. The van der Waals surface area contributed by atoms with Crippen molar-refractivity contribution in [1.82, 2.24) is 5.32 Å². The Labute approximate surface area is 222 Å². The predicted molar refractivity (Wildman–Crippen MR) is 140 cm³/mol. The summed E-state index contributed by atoms with van der Waals surface area (Å²) in [5.74, 6) is -0.905. The van der Waals surface area contributed by atoms with Gasteiger partial charge in [-0.05, 0) is 43.3 Å². The van der Waals surface area contributed by atoms with Crippen molar-refractivity contribution >= 4 is 41.2 Å². The van der Waals surface area contributed by atoms with Crippen molar-refractivity contribution in [1.29, 1.82) is 0 Å². The zero-order chi connectivity index (χ0) is 27.5. The van der Waals surface area contributed by atoms with Gasteiger partial charge in [0.15, 0.2) is 29.6 Å². The molecule has 0 unspecified atom stereocenters. The summed E-state index contributed by atoms with van der Waals surface area (Å²) < 4.78 is 21.8. The average Bonchev–Trinajstić information content (AvgIpc) is 3.39. The van der Waals surface area contributed by atoms with Gasteiger partial charge >= 0.3 is 6.03 Å². The Kier molecular flexibility index (Phi) is 6.87. The fraction of sp³-hybridized carbons (Fsp3) is 0.143. The number of hydrogen-bond acceptors (Lipinski definition) is 8. The number of methoxy groups -OCH3 is 1. The number of aryl methyl sites for hydroxylation is 1. The molecule has 2 aliphatic rings. The molecule has 0 bridgehead atoms. The number of nitrogens with zero attached hydrogens (tertiary/aromatic N) is 1. The molecule has 5 rings (SSSR count). The number of anilines is 2. The van der Waals surface area contributed by atoms with E-state index in [1.165, 1.54) is 25.3 Å². The van der Waals surface area contributed by atoms with Gasteiger partial charge in [-0.1, -0.05) is 29.8 Å². The van der Waals surface area contributed by atoms with E-state index in [4.69, 9.17) is 18.9 Å². The molecule has 11 heteroatoms. The number of carbonyl (C=O) groups is 4. The highest BCUT2D eigenvalue weighted by molar-refractivity contribution is 6.39. The summed E-state index contributed by atoms with van der Waals surface area (Å²) in [5, 5.41) is 4.91. The molecule has 0 aliphatic carbocycles. The fourth-order valence-electron chi connectivity index (χ4n) is 4.01. The second kappa shape index (κ2) is 10.6. The molecule has 198 valence electrons. The van der Waals surface area contributed by atoms with Crippen LogP contribution in [0.25, 0.3) is 6.08 Å².